The van der Waals surface area contributed by atoms with Gasteiger partial charge in [0.1, 0.15) is 23.9 Å². The Balaban J connectivity index is 1.67. The molecule has 0 radical (unpaired) electrons. The average Bonchev–Trinajstić information content (AvgIpc) is 3.14. The summed E-state index contributed by atoms with van der Waals surface area (Å²) >= 11 is 0. The minimum atomic E-state index is -1.12. The Bertz CT molecular complexity index is 1550. The Labute approximate surface area is 211 Å². The van der Waals surface area contributed by atoms with Gasteiger partial charge in [-0.1, -0.05) is 60.7 Å². The average molecular weight is 499 g/mol. The van der Waals surface area contributed by atoms with Crippen molar-refractivity contribution in [2.24, 2.45) is 0 Å². The Hall–Kier alpha value is -4.72. The number of hydrogen-bond donors (Lipinski definition) is 1. The predicted octanol–water partition coefficient (Wildman–Crippen LogP) is 5.38. The summed E-state index contributed by atoms with van der Waals surface area (Å²) in [5, 5.41) is 10.2. The summed E-state index contributed by atoms with van der Waals surface area (Å²) in [6.07, 6.45) is -0.392. The molecule has 4 aromatic rings. The number of benzene rings is 4. The molecule has 0 saturated heterocycles. The van der Waals surface area contributed by atoms with Crippen molar-refractivity contribution in [3.8, 4) is 11.5 Å². The maximum Gasteiger partial charge on any atom is 0.307 e. The van der Waals surface area contributed by atoms with E-state index in [-0.39, 0.29) is 47.1 Å². The van der Waals surface area contributed by atoms with Gasteiger partial charge in [-0.05, 0) is 30.2 Å². The van der Waals surface area contributed by atoms with E-state index in [2.05, 4.69) is 0 Å². The molecule has 0 unspecified atom stereocenters. The first-order valence-corrected chi connectivity index (χ1v) is 11.7. The van der Waals surface area contributed by atoms with E-state index in [1.54, 1.807) is 31.2 Å². The fourth-order valence-electron chi connectivity index (χ4n) is 4.51. The van der Waals surface area contributed by atoms with Crippen molar-refractivity contribution in [1.82, 2.24) is 0 Å². The van der Waals surface area contributed by atoms with Crippen LogP contribution in [-0.4, -0.2) is 29.5 Å². The molecular formula is C29H22FNO6. The van der Waals surface area contributed by atoms with Crippen molar-refractivity contribution in [2.75, 3.05) is 11.5 Å². The van der Waals surface area contributed by atoms with E-state index in [0.717, 1.165) is 16.5 Å². The molecule has 5 rings (SSSR count). The Morgan fingerprint density at radius 1 is 0.838 bits per heavy atom. The van der Waals surface area contributed by atoms with E-state index in [0.29, 0.717) is 10.8 Å². The first kappa shape index (κ1) is 24.0. The van der Waals surface area contributed by atoms with Gasteiger partial charge in [-0.3, -0.25) is 14.4 Å². The van der Waals surface area contributed by atoms with Crippen molar-refractivity contribution in [3.63, 3.8) is 0 Å². The highest BCUT2D eigenvalue weighted by Gasteiger charge is 2.44. The van der Waals surface area contributed by atoms with Gasteiger partial charge in [-0.25, -0.2) is 9.29 Å². The lowest BCUT2D eigenvalue weighted by molar-refractivity contribution is -0.136. The van der Waals surface area contributed by atoms with E-state index in [1.807, 2.05) is 30.3 Å². The molecule has 0 spiro atoms. The molecule has 7 nitrogen and oxygen atoms in total. The Morgan fingerprint density at radius 3 is 2.00 bits per heavy atom. The molecule has 8 heteroatoms. The molecule has 37 heavy (non-hydrogen) atoms. The largest absolute Gasteiger partial charge is 0.492 e. The first-order chi connectivity index (χ1) is 17.9. The highest BCUT2D eigenvalue weighted by Crippen LogP contribution is 2.46. The van der Waals surface area contributed by atoms with Gasteiger partial charge in [-0.15, -0.1) is 0 Å². The summed E-state index contributed by atoms with van der Waals surface area (Å²) in [6.45, 7) is 2.15. The lowest BCUT2D eigenvalue weighted by atomic mass is 9.99. The second-order valence-electron chi connectivity index (χ2n) is 8.46. The number of amides is 2. The van der Waals surface area contributed by atoms with Crippen LogP contribution in [0.4, 0.5) is 10.1 Å². The molecule has 4 aromatic carbocycles. The van der Waals surface area contributed by atoms with E-state index < -0.39 is 30.0 Å². The van der Waals surface area contributed by atoms with Gasteiger partial charge in [0.2, 0.25) is 0 Å². The van der Waals surface area contributed by atoms with Gasteiger partial charge in [-0.2, -0.15) is 0 Å². The van der Waals surface area contributed by atoms with Gasteiger partial charge < -0.3 is 14.6 Å². The molecule has 0 saturated carbocycles. The number of nitrogens with zero attached hydrogens (tertiary/aromatic N) is 1. The zero-order valence-corrected chi connectivity index (χ0v) is 19.9. The lowest BCUT2D eigenvalue weighted by Gasteiger charge is -2.16. The van der Waals surface area contributed by atoms with Crippen LogP contribution in [0.2, 0.25) is 0 Å². The minimum Gasteiger partial charge on any atom is -0.492 e. The number of hydrogen-bond acceptors (Lipinski definition) is 5. The van der Waals surface area contributed by atoms with Crippen LogP contribution in [0.1, 0.15) is 38.8 Å². The molecule has 1 N–H and O–H groups in total. The van der Waals surface area contributed by atoms with E-state index >= 15 is 4.39 Å². The molecule has 0 fully saturated rings. The Kier molecular flexibility index (Phi) is 6.31. The maximum atomic E-state index is 15.1. The summed E-state index contributed by atoms with van der Waals surface area (Å²) < 4.78 is 27.1. The molecule has 0 atom stereocenters. The number of carboxylic acid groups (broad SMARTS) is 1. The third kappa shape index (κ3) is 4.27. The van der Waals surface area contributed by atoms with Crippen LogP contribution in [0.3, 0.4) is 0 Å². The van der Waals surface area contributed by atoms with E-state index in [1.165, 1.54) is 12.1 Å². The van der Waals surface area contributed by atoms with Gasteiger partial charge in [0.15, 0.2) is 0 Å². The van der Waals surface area contributed by atoms with Crippen molar-refractivity contribution < 1.29 is 33.4 Å². The summed E-state index contributed by atoms with van der Waals surface area (Å²) in [5.41, 5.74) is 0.793. The van der Waals surface area contributed by atoms with Crippen molar-refractivity contribution in [3.05, 3.63) is 101 Å². The van der Waals surface area contributed by atoms with Gasteiger partial charge in [0.05, 0.1) is 29.8 Å². The molecular weight excluding hydrogens is 477 g/mol. The number of anilines is 1. The van der Waals surface area contributed by atoms with Crippen LogP contribution in [0.5, 0.6) is 11.5 Å². The topological polar surface area (TPSA) is 93.1 Å². The molecule has 1 aliphatic heterocycles. The third-order valence-electron chi connectivity index (χ3n) is 6.08. The number of carboxylic acids is 1. The second-order valence-corrected chi connectivity index (χ2v) is 8.46. The highest BCUT2D eigenvalue weighted by molar-refractivity contribution is 6.38. The Morgan fingerprint density at radius 2 is 1.43 bits per heavy atom. The lowest BCUT2D eigenvalue weighted by Crippen LogP contribution is -2.30. The monoisotopic (exact) mass is 499 g/mol. The zero-order chi connectivity index (χ0) is 26.1. The van der Waals surface area contributed by atoms with Crippen molar-refractivity contribution >= 4 is 34.2 Å². The summed E-state index contributed by atoms with van der Waals surface area (Å²) in [4.78, 5) is 39.2. The molecule has 2 amide bonds. The van der Waals surface area contributed by atoms with Gasteiger partial charge in [0, 0.05) is 10.8 Å². The normalized spacial score (nSPS) is 12.6. The minimum absolute atomic E-state index is 0.00243. The smallest absolute Gasteiger partial charge is 0.307 e. The van der Waals surface area contributed by atoms with Crippen molar-refractivity contribution in [2.45, 2.75) is 20.0 Å². The molecule has 186 valence electrons. The molecule has 0 bridgehead atoms. The third-order valence-corrected chi connectivity index (χ3v) is 6.08. The number of carbonyl (C=O) groups is 3. The number of imide groups is 1. The summed E-state index contributed by atoms with van der Waals surface area (Å²) in [7, 11) is 0. The SMILES string of the molecule is CCOc1c2c(c(OCc3ccccc3)c3ccccc13)C(=O)N(c1ccc(CC(=O)O)cc1F)C2=O. The highest BCUT2D eigenvalue weighted by atomic mass is 19.1. The van der Waals surface area contributed by atoms with Gasteiger partial charge in [0.25, 0.3) is 11.8 Å². The number of halogens is 1. The maximum absolute atomic E-state index is 15.1. The van der Waals surface area contributed by atoms with Crippen LogP contribution in [0.15, 0.2) is 72.8 Å². The van der Waals surface area contributed by atoms with Crippen molar-refractivity contribution in [1.29, 1.82) is 0 Å². The molecule has 0 aliphatic carbocycles. The number of rotatable bonds is 8. The van der Waals surface area contributed by atoms with Crippen LogP contribution in [0, 0.1) is 5.82 Å². The number of fused-ring (bicyclic) bond motifs is 2. The predicted molar refractivity (Wildman–Crippen MR) is 135 cm³/mol. The zero-order valence-electron chi connectivity index (χ0n) is 19.9. The molecule has 1 heterocycles. The van der Waals surface area contributed by atoms with E-state index in [9.17, 15) is 14.4 Å². The van der Waals surface area contributed by atoms with Gasteiger partial charge >= 0.3 is 5.97 Å². The van der Waals surface area contributed by atoms with Crippen LogP contribution in [0.25, 0.3) is 10.8 Å². The van der Waals surface area contributed by atoms with Crippen LogP contribution < -0.4 is 14.4 Å². The van der Waals surface area contributed by atoms with Crippen LogP contribution in [-0.2, 0) is 17.8 Å². The second kappa shape index (κ2) is 9.73. The summed E-state index contributed by atoms with van der Waals surface area (Å²) in [6, 6.07) is 20.1. The number of carbonyl (C=O) groups excluding carboxylic acids is 2. The summed E-state index contributed by atoms with van der Waals surface area (Å²) in [5.74, 6) is -3.07. The standard InChI is InChI=1S/C29H22FNO6/c1-2-36-26-19-10-6-7-11-20(19)27(37-16-17-8-4-3-5-9-17)25-24(26)28(34)31(29(25)35)22-13-12-18(14-21(22)30)15-23(32)33/h3-14H,2,15-16H2,1H3,(H,32,33). The van der Waals surface area contributed by atoms with Crippen LogP contribution >= 0.6 is 0 Å². The first-order valence-electron chi connectivity index (χ1n) is 11.7. The fraction of sp³-hybridized carbons (Fsp3) is 0.138. The molecule has 0 aromatic heterocycles. The molecule has 1 aliphatic rings. The van der Waals surface area contributed by atoms with E-state index in [4.69, 9.17) is 14.6 Å². The number of aliphatic carboxylic acids is 1. The quantitative estimate of drug-likeness (QED) is 0.327. The fourth-order valence-corrected chi connectivity index (χ4v) is 4.51. The number of ether oxygens (including phenoxy) is 2.